The van der Waals surface area contributed by atoms with Gasteiger partial charge < -0.3 is 15.2 Å². The van der Waals surface area contributed by atoms with Crippen molar-refractivity contribution in [3.8, 4) is 11.5 Å². The van der Waals surface area contributed by atoms with Crippen molar-refractivity contribution in [2.75, 3.05) is 11.9 Å². The molecule has 1 aliphatic heterocycles. The van der Waals surface area contributed by atoms with Crippen molar-refractivity contribution in [3.05, 3.63) is 30.1 Å². The van der Waals surface area contributed by atoms with E-state index in [1.807, 2.05) is 24.3 Å². The molecule has 1 amide bonds. The molecule has 6 heteroatoms. The number of para-hydroxylation sites is 1. The van der Waals surface area contributed by atoms with Crippen molar-refractivity contribution in [3.63, 3.8) is 0 Å². The van der Waals surface area contributed by atoms with E-state index < -0.39 is 0 Å². The van der Waals surface area contributed by atoms with Crippen LogP contribution in [0.5, 0.6) is 0 Å². The second-order valence-electron chi connectivity index (χ2n) is 5.18. The highest BCUT2D eigenvalue weighted by Gasteiger charge is 2.22. The molecule has 1 aliphatic rings. The second kappa shape index (κ2) is 6.05. The number of nitrogens with zero attached hydrogens (tertiary/aromatic N) is 2. The number of aromatic nitrogens is 2. The Hall–Kier alpha value is -2.21. The Balaban J connectivity index is 1.80. The number of carbonyl (C=O) groups excluding carboxylic acids is 1. The summed E-state index contributed by atoms with van der Waals surface area (Å²) in [5, 5.41) is 9.99. The zero-order valence-electron chi connectivity index (χ0n) is 11.9. The minimum Gasteiger partial charge on any atom is -0.334 e. The van der Waals surface area contributed by atoms with E-state index in [9.17, 15) is 4.79 Å². The molecule has 2 heterocycles. The molecule has 0 unspecified atom stereocenters. The third-order valence-corrected chi connectivity index (χ3v) is 3.57. The molecular formula is C15H18N4O2. The summed E-state index contributed by atoms with van der Waals surface area (Å²) in [5.74, 6) is 0.971. The first-order valence-corrected chi connectivity index (χ1v) is 7.18. The van der Waals surface area contributed by atoms with Crippen LogP contribution >= 0.6 is 0 Å². The van der Waals surface area contributed by atoms with Crippen LogP contribution in [0.2, 0.25) is 0 Å². The van der Waals surface area contributed by atoms with Crippen LogP contribution in [-0.4, -0.2) is 28.6 Å². The van der Waals surface area contributed by atoms with Gasteiger partial charge in [-0.25, -0.2) is 0 Å². The van der Waals surface area contributed by atoms with E-state index in [1.54, 1.807) is 6.92 Å². The molecule has 0 aliphatic carbocycles. The van der Waals surface area contributed by atoms with Crippen LogP contribution in [0.1, 0.15) is 25.1 Å². The van der Waals surface area contributed by atoms with Gasteiger partial charge in [0.05, 0.1) is 17.3 Å². The van der Waals surface area contributed by atoms with E-state index in [1.165, 1.54) is 0 Å². The van der Waals surface area contributed by atoms with Crippen molar-refractivity contribution in [1.82, 2.24) is 15.5 Å². The standard InChI is InChI=1S/C15H18N4O2/c1-10-17-15(21-19-10)11-6-2-3-7-12(11)18-14(20)13-8-4-5-9-16-13/h2-3,6-7,13,16H,4-5,8-9H2,1H3,(H,18,20)/t13-/m1/s1. The first-order chi connectivity index (χ1) is 10.2. The maximum absolute atomic E-state index is 12.3. The van der Waals surface area contributed by atoms with Gasteiger partial charge in [0.2, 0.25) is 5.91 Å². The highest BCUT2D eigenvalue weighted by Crippen LogP contribution is 2.26. The molecule has 0 saturated carbocycles. The molecule has 0 bridgehead atoms. The topological polar surface area (TPSA) is 80.0 Å². The number of hydrogen-bond donors (Lipinski definition) is 2. The van der Waals surface area contributed by atoms with Gasteiger partial charge in [-0.2, -0.15) is 4.98 Å². The molecule has 1 fully saturated rings. The van der Waals surface area contributed by atoms with Crippen molar-refractivity contribution < 1.29 is 9.32 Å². The van der Waals surface area contributed by atoms with E-state index in [2.05, 4.69) is 20.8 Å². The van der Waals surface area contributed by atoms with E-state index in [0.717, 1.165) is 31.4 Å². The highest BCUT2D eigenvalue weighted by molar-refractivity contribution is 5.97. The minimum absolute atomic E-state index is 0.0154. The minimum atomic E-state index is -0.128. The zero-order chi connectivity index (χ0) is 14.7. The number of aryl methyl sites for hydroxylation is 1. The molecule has 110 valence electrons. The predicted molar refractivity (Wildman–Crippen MR) is 78.7 cm³/mol. The third-order valence-electron chi connectivity index (χ3n) is 3.57. The van der Waals surface area contributed by atoms with Gasteiger partial charge in [-0.15, -0.1) is 0 Å². The maximum atomic E-state index is 12.3. The quantitative estimate of drug-likeness (QED) is 0.903. The molecule has 21 heavy (non-hydrogen) atoms. The molecule has 2 N–H and O–H groups in total. The molecule has 1 aromatic carbocycles. The second-order valence-corrected chi connectivity index (χ2v) is 5.18. The van der Waals surface area contributed by atoms with Gasteiger partial charge in [-0.05, 0) is 38.4 Å². The van der Waals surface area contributed by atoms with Gasteiger partial charge in [-0.1, -0.05) is 23.7 Å². The van der Waals surface area contributed by atoms with E-state index in [-0.39, 0.29) is 11.9 Å². The normalized spacial score (nSPS) is 18.4. The predicted octanol–water partition coefficient (Wildman–Crippen LogP) is 2.13. The van der Waals surface area contributed by atoms with Gasteiger partial charge >= 0.3 is 0 Å². The van der Waals surface area contributed by atoms with E-state index in [4.69, 9.17) is 4.52 Å². The average Bonchev–Trinajstić information content (AvgIpc) is 2.95. The molecule has 1 saturated heterocycles. The largest absolute Gasteiger partial charge is 0.334 e. The molecule has 1 aromatic heterocycles. The zero-order valence-corrected chi connectivity index (χ0v) is 11.9. The van der Waals surface area contributed by atoms with Crippen molar-refractivity contribution in [1.29, 1.82) is 0 Å². The summed E-state index contributed by atoms with van der Waals surface area (Å²) < 4.78 is 5.19. The first-order valence-electron chi connectivity index (χ1n) is 7.18. The molecule has 6 nitrogen and oxygen atoms in total. The smallest absolute Gasteiger partial charge is 0.260 e. The first kappa shape index (κ1) is 13.8. The Kier molecular flexibility index (Phi) is 3.96. The number of nitrogens with one attached hydrogen (secondary N) is 2. The number of benzene rings is 1. The molecular weight excluding hydrogens is 268 g/mol. The Morgan fingerprint density at radius 3 is 2.95 bits per heavy atom. The number of amides is 1. The maximum Gasteiger partial charge on any atom is 0.260 e. The summed E-state index contributed by atoms with van der Waals surface area (Å²) in [6, 6.07) is 7.32. The monoisotopic (exact) mass is 286 g/mol. The van der Waals surface area contributed by atoms with Crippen molar-refractivity contribution >= 4 is 11.6 Å². The molecule has 0 radical (unpaired) electrons. The number of carbonyl (C=O) groups is 1. The van der Waals surface area contributed by atoms with Crippen LogP contribution in [0.4, 0.5) is 5.69 Å². The van der Waals surface area contributed by atoms with Crippen molar-refractivity contribution in [2.45, 2.75) is 32.2 Å². The summed E-state index contributed by atoms with van der Waals surface area (Å²) in [6.07, 6.45) is 3.07. The van der Waals surface area contributed by atoms with Crippen LogP contribution in [-0.2, 0) is 4.79 Å². The Labute approximate surface area is 122 Å². The fraction of sp³-hybridized carbons (Fsp3) is 0.400. The van der Waals surface area contributed by atoms with Crippen LogP contribution in [0, 0.1) is 6.92 Å². The summed E-state index contributed by atoms with van der Waals surface area (Å²) in [5.41, 5.74) is 1.43. The van der Waals surface area contributed by atoms with Gasteiger partial charge in [0.25, 0.3) is 5.89 Å². The van der Waals surface area contributed by atoms with Crippen LogP contribution in [0.3, 0.4) is 0 Å². The average molecular weight is 286 g/mol. The molecule has 3 rings (SSSR count). The SMILES string of the molecule is Cc1noc(-c2ccccc2NC(=O)[C@H]2CCCCN2)n1. The number of rotatable bonds is 3. The summed E-state index contributed by atoms with van der Waals surface area (Å²) in [7, 11) is 0. The lowest BCUT2D eigenvalue weighted by Crippen LogP contribution is -2.43. The fourth-order valence-corrected chi connectivity index (χ4v) is 2.48. The number of piperidine rings is 1. The summed E-state index contributed by atoms with van der Waals surface area (Å²) in [4.78, 5) is 16.5. The summed E-state index contributed by atoms with van der Waals surface area (Å²) >= 11 is 0. The Morgan fingerprint density at radius 2 is 2.24 bits per heavy atom. The fourth-order valence-electron chi connectivity index (χ4n) is 2.48. The summed E-state index contributed by atoms with van der Waals surface area (Å²) in [6.45, 7) is 2.66. The number of anilines is 1. The highest BCUT2D eigenvalue weighted by atomic mass is 16.5. The number of hydrogen-bond acceptors (Lipinski definition) is 5. The van der Waals surface area contributed by atoms with Gasteiger partial charge in [-0.3, -0.25) is 4.79 Å². The van der Waals surface area contributed by atoms with Gasteiger partial charge in [0, 0.05) is 0 Å². The Morgan fingerprint density at radius 1 is 1.38 bits per heavy atom. The molecule has 2 aromatic rings. The van der Waals surface area contributed by atoms with Crippen LogP contribution in [0.15, 0.2) is 28.8 Å². The van der Waals surface area contributed by atoms with Gasteiger partial charge in [0.15, 0.2) is 5.82 Å². The molecule has 1 atom stereocenters. The van der Waals surface area contributed by atoms with Crippen LogP contribution in [0.25, 0.3) is 11.5 Å². The van der Waals surface area contributed by atoms with Crippen LogP contribution < -0.4 is 10.6 Å². The Bertz CT molecular complexity index is 632. The lowest BCUT2D eigenvalue weighted by Gasteiger charge is -2.22. The van der Waals surface area contributed by atoms with E-state index >= 15 is 0 Å². The lowest BCUT2D eigenvalue weighted by atomic mass is 10.0. The van der Waals surface area contributed by atoms with E-state index in [0.29, 0.717) is 17.4 Å². The molecule has 0 spiro atoms. The van der Waals surface area contributed by atoms with Gasteiger partial charge in [0.1, 0.15) is 0 Å². The van der Waals surface area contributed by atoms with Crippen molar-refractivity contribution in [2.24, 2.45) is 0 Å². The lowest BCUT2D eigenvalue weighted by molar-refractivity contribution is -0.118. The third kappa shape index (κ3) is 3.11.